The van der Waals surface area contributed by atoms with Crippen molar-refractivity contribution < 1.29 is 14.0 Å². The fourth-order valence-electron chi connectivity index (χ4n) is 4.40. The van der Waals surface area contributed by atoms with Crippen molar-refractivity contribution in [3.8, 4) is 0 Å². The van der Waals surface area contributed by atoms with Crippen LogP contribution in [0.3, 0.4) is 0 Å². The topological polar surface area (TPSA) is 168 Å². The van der Waals surface area contributed by atoms with Gasteiger partial charge in [-0.05, 0) is 55.9 Å². The number of nitrogens with one attached hydrogen (secondary N) is 3. The summed E-state index contributed by atoms with van der Waals surface area (Å²) in [6, 6.07) is 14.4. The highest BCUT2D eigenvalue weighted by atomic mass is 16.4. The molecule has 10 nitrogen and oxygen atoms in total. The Morgan fingerprint density at radius 3 is 2.55 bits per heavy atom. The fourth-order valence-corrected chi connectivity index (χ4v) is 4.40. The van der Waals surface area contributed by atoms with Gasteiger partial charge in [0.2, 0.25) is 11.8 Å². The molecule has 2 aromatic carbocycles. The molecule has 2 amide bonds. The van der Waals surface area contributed by atoms with Gasteiger partial charge in [0, 0.05) is 36.3 Å². The van der Waals surface area contributed by atoms with Gasteiger partial charge in [-0.15, -0.1) is 0 Å². The van der Waals surface area contributed by atoms with Crippen molar-refractivity contribution in [3.63, 3.8) is 0 Å². The van der Waals surface area contributed by atoms with Crippen LogP contribution in [0.4, 0.5) is 5.69 Å². The Kier molecular flexibility index (Phi) is 10.0. The molecule has 0 aliphatic heterocycles. The van der Waals surface area contributed by atoms with Crippen molar-refractivity contribution in [1.29, 1.82) is 5.41 Å². The number of fused-ring (bicyclic) bond motifs is 1. The van der Waals surface area contributed by atoms with Gasteiger partial charge in [-0.3, -0.25) is 15.0 Å². The molecular weight excluding hydrogens is 484 g/mol. The maximum absolute atomic E-state index is 13.6. The second-order valence-corrected chi connectivity index (χ2v) is 9.27. The fraction of sp³-hybridized carbons (Fsp3) is 0.357. The minimum Gasteiger partial charge on any atom is -0.423 e. The van der Waals surface area contributed by atoms with E-state index >= 15 is 0 Å². The van der Waals surface area contributed by atoms with Crippen LogP contribution in [0.2, 0.25) is 0 Å². The van der Waals surface area contributed by atoms with Crippen molar-refractivity contribution in [2.24, 2.45) is 11.5 Å². The largest absolute Gasteiger partial charge is 0.423 e. The number of nitrogens with zero attached hydrogens (tertiary/aromatic N) is 1. The van der Waals surface area contributed by atoms with Gasteiger partial charge < -0.3 is 31.4 Å². The third-order valence-electron chi connectivity index (χ3n) is 6.23. The molecule has 0 aliphatic carbocycles. The molecular formula is C28H36N6O4. The van der Waals surface area contributed by atoms with Gasteiger partial charge in [-0.2, -0.15) is 0 Å². The molecule has 0 unspecified atom stereocenters. The Morgan fingerprint density at radius 2 is 1.87 bits per heavy atom. The number of carbonyl (C=O) groups is 2. The first-order valence-corrected chi connectivity index (χ1v) is 12.7. The highest BCUT2D eigenvalue weighted by molar-refractivity contribution is 5.99. The Hall–Kier alpha value is -4.18. The smallest absolute Gasteiger partial charge is 0.336 e. The van der Waals surface area contributed by atoms with E-state index in [2.05, 4.69) is 10.6 Å². The van der Waals surface area contributed by atoms with Crippen LogP contribution >= 0.6 is 0 Å². The van der Waals surface area contributed by atoms with E-state index in [1.165, 1.54) is 6.07 Å². The zero-order valence-electron chi connectivity index (χ0n) is 21.8. The molecule has 10 heteroatoms. The van der Waals surface area contributed by atoms with Crippen LogP contribution in [0.5, 0.6) is 0 Å². The molecule has 1 heterocycles. The molecule has 2 atom stereocenters. The number of rotatable bonds is 12. The van der Waals surface area contributed by atoms with Gasteiger partial charge in [0.1, 0.15) is 11.6 Å². The summed E-state index contributed by atoms with van der Waals surface area (Å²) in [5.41, 5.74) is 13.8. The van der Waals surface area contributed by atoms with Gasteiger partial charge >= 0.3 is 5.63 Å². The standard InChI is InChI=1S/C28H36N6O4/c1-3-14-34(27(37)22(29)16-19-8-5-4-6-9-19)23(10-7-13-32-28(30)31)26(36)33-20-11-12-21-18(2)15-25(35)38-24(21)17-20/h4-6,8-9,11-12,15,17,22-23H,3,7,10,13-14,16,29H2,1-2H3,(H,33,36)(H4,30,31,32)/t22-,23-/m0/s1. The van der Waals surface area contributed by atoms with E-state index in [0.29, 0.717) is 50.0 Å². The van der Waals surface area contributed by atoms with Gasteiger partial charge in [-0.1, -0.05) is 37.3 Å². The summed E-state index contributed by atoms with van der Waals surface area (Å²) in [6.45, 7) is 4.48. The number of carbonyl (C=O) groups excluding carboxylic acids is 2. The molecule has 0 saturated heterocycles. The van der Waals surface area contributed by atoms with Crippen LogP contribution in [0.25, 0.3) is 11.0 Å². The monoisotopic (exact) mass is 520 g/mol. The number of benzene rings is 2. The average molecular weight is 521 g/mol. The van der Waals surface area contributed by atoms with E-state index in [-0.39, 0.29) is 17.8 Å². The molecule has 0 bridgehead atoms. The second-order valence-electron chi connectivity index (χ2n) is 9.27. The van der Waals surface area contributed by atoms with Crippen LogP contribution in [0.15, 0.2) is 63.8 Å². The van der Waals surface area contributed by atoms with E-state index in [9.17, 15) is 14.4 Å². The van der Waals surface area contributed by atoms with E-state index in [1.807, 2.05) is 44.2 Å². The Bertz CT molecular complexity index is 1320. The lowest BCUT2D eigenvalue weighted by Crippen LogP contribution is -2.53. The molecule has 0 aliphatic rings. The normalized spacial score (nSPS) is 12.5. The number of aryl methyl sites for hydroxylation is 1. The average Bonchev–Trinajstić information content (AvgIpc) is 2.87. The summed E-state index contributed by atoms with van der Waals surface area (Å²) in [5.74, 6) is -0.850. The molecule has 0 fully saturated rings. The van der Waals surface area contributed by atoms with Crippen molar-refractivity contribution in [2.45, 2.75) is 51.6 Å². The molecule has 1 aromatic heterocycles. The molecule has 202 valence electrons. The Labute approximate surface area is 221 Å². The molecule has 38 heavy (non-hydrogen) atoms. The molecule has 0 radical (unpaired) electrons. The first-order chi connectivity index (χ1) is 18.2. The van der Waals surface area contributed by atoms with Crippen LogP contribution in [-0.2, 0) is 16.0 Å². The zero-order chi connectivity index (χ0) is 27.7. The predicted molar refractivity (Wildman–Crippen MR) is 149 cm³/mol. The summed E-state index contributed by atoms with van der Waals surface area (Å²) in [7, 11) is 0. The SMILES string of the molecule is CCCN(C(=O)[C@@H](N)Cc1ccccc1)[C@@H](CCCNC(=N)N)C(=O)Nc1ccc2c(C)cc(=O)oc2c1. The lowest BCUT2D eigenvalue weighted by atomic mass is 10.0. The van der Waals surface area contributed by atoms with Crippen LogP contribution < -0.4 is 27.7 Å². The van der Waals surface area contributed by atoms with Gasteiger partial charge in [-0.25, -0.2) is 4.79 Å². The number of nitrogens with two attached hydrogens (primary N) is 2. The van der Waals surface area contributed by atoms with E-state index in [1.54, 1.807) is 23.1 Å². The highest BCUT2D eigenvalue weighted by Crippen LogP contribution is 2.22. The summed E-state index contributed by atoms with van der Waals surface area (Å²) in [4.78, 5) is 40.5. The quantitative estimate of drug-likeness (QED) is 0.106. The van der Waals surface area contributed by atoms with E-state index in [4.69, 9.17) is 21.3 Å². The van der Waals surface area contributed by atoms with Gasteiger partial charge in [0.05, 0.1) is 6.04 Å². The minimum atomic E-state index is -0.812. The van der Waals surface area contributed by atoms with Gasteiger partial charge in [0.15, 0.2) is 5.96 Å². The Morgan fingerprint density at radius 1 is 1.13 bits per heavy atom. The zero-order valence-corrected chi connectivity index (χ0v) is 21.8. The molecule has 3 aromatic rings. The predicted octanol–water partition coefficient (Wildman–Crippen LogP) is 2.48. The van der Waals surface area contributed by atoms with Crippen LogP contribution in [0.1, 0.15) is 37.3 Å². The lowest BCUT2D eigenvalue weighted by Gasteiger charge is -2.33. The third-order valence-corrected chi connectivity index (χ3v) is 6.23. The number of amides is 2. The maximum atomic E-state index is 13.6. The minimum absolute atomic E-state index is 0.162. The van der Waals surface area contributed by atoms with Crippen LogP contribution in [-0.4, -0.2) is 47.8 Å². The summed E-state index contributed by atoms with van der Waals surface area (Å²) < 4.78 is 5.31. The highest BCUT2D eigenvalue weighted by Gasteiger charge is 2.32. The molecule has 0 spiro atoms. The van der Waals surface area contributed by atoms with Crippen LogP contribution in [0, 0.1) is 12.3 Å². The maximum Gasteiger partial charge on any atom is 0.336 e. The van der Waals surface area contributed by atoms with Crippen molar-refractivity contribution in [1.82, 2.24) is 10.2 Å². The number of hydrogen-bond donors (Lipinski definition) is 5. The summed E-state index contributed by atoms with van der Waals surface area (Å²) in [6.07, 6.45) is 1.81. The summed E-state index contributed by atoms with van der Waals surface area (Å²) in [5, 5.41) is 13.8. The number of hydrogen-bond acceptors (Lipinski definition) is 6. The first kappa shape index (κ1) is 28.4. The van der Waals surface area contributed by atoms with E-state index in [0.717, 1.165) is 16.5 Å². The lowest BCUT2D eigenvalue weighted by molar-refractivity contribution is -0.140. The number of guanidine groups is 1. The van der Waals surface area contributed by atoms with Crippen molar-refractivity contribution in [2.75, 3.05) is 18.4 Å². The van der Waals surface area contributed by atoms with Crippen molar-refractivity contribution in [3.05, 3.63) is 76.1 Å². The second kappa shape index (κ2) is 13.4. The van der Waals surface area contributed by atoms with Gasteiger partial charge in [0.25, 0.3) is 0 Å². The first-order valence-electron chi connectivity index (χ1n) is 12.7. The van der Waals surface area contributed by atoms with Crippen molar-refractivity contribution >= 4 is 34.4 Å². The Balaban J connectivity index is 1.85. The summed E-state index contributed by atoms with van der Waals surface area (Å²) >= 11 is 0. The number of anilines is 1. The molecule has 3 rings (SSSR count). The molecule has 7 N–H and O–H groups in total. The third kappa shape index (κ3) is 7.66. The van der Waals surface area contributed by atoms with E-state index < -0.39 is 17.7 Å². The molecule has 0 saturated carbocycles.